The number of amides is 1. The van der Waals surface area contributed by atoms with Crippen molar-refractivity contribution in [1.29, 1.82) is 5.26 Å². The number of carbonyl (C=O) groups is 1. The van der Waals surface area contributed by atoms with Gasteiger partial charge in [-0.25, -0.2) is 8.78 Å². The van der Waals surface area contributed by atoms with Crippen molar-refractivity contribution in [3.05, 3.63) is 58.3 Å². The minimum atomic E-state index is -1.27. The summed E-state index contributed by atoms with van der Waals surface area (Å²) in [4.78, 5) is 16.1. The van der Waals surface area contributed by atoms with Crippen molar-refractivity contribution in [2.45, 2.75) is 13.8 Å². The van der Waals surface area contributed by atoms with Gasteiger partial charge in [-0.15, -0.1) is 0 Å². The Bertz CT molecular complexity index is 1140. The van der Waals surface area contributed by atoms with E-state index in [0.29, 0.717) is 17.3 Å². The van der Waals surface area contributed by atoms with Crippen molar-refractivity contribution in [2.75, 3.05) is 5.32 Å². The zero-order valence-electron chi connectivity index (χ0n) is 14.2. The maximum Gasteiger partial charge on any atom is 0.284 e. The molecule has 6 nitrogen and oxygen atoms in total. The molecule has 0 spiro atoms. The number of hydrogen-bond acceptors (Lipinski definition) is 4. The van der Waals surface area contributed by atoms with Gasteiger partial charge in [-0.1, -0.05) is 6.07 Å². The molecule has 1 amide bonds. The molecular weight excluding hydrogens is 359 g/mol. The molecular formula is C18H12F3N5O. The van der Waals surface area contributed by atoms with Crippen molar-refractivity contribution in [1.82, 2.24) is 15.2 Å². The summed E-state index contributed by atoms with van der Waals surface area (Å²) in [5.41, 5.74) is 0.703. The van der Waals surface area contributed by atoms with E-state index in [1.54, 1.807) is 13.8 Å². The Kier molecular flexibility index (Phi) is 4.64. The highest BCUT2D eigenvalue weighted by molar-refractivity contribution is 6.06. The first-order valence-corrected chi connectivity index (χ1v) is 7.70. The van der Waals surface area contributed by atoms with Crippen LogP contribution in [0, 0.1) is 36.9 Å². The topological polar surface area (TPSA) is 94.5 Å². The second kappa shape index (κ2) is 6.92. The number of fused-ring (bicyclic) bond motifs is 1. The summed E-state index contributed by atoms with van der Waals surface area (Å²) in [6.45, 7) is 3.18. The summed E-state index contributed by atoms with van der Waals surface area (Å²) in [6.07, 6.45) is 2.03. The lowest BCUT2D eigenvalue weighted by Gasteiger charge is -2.11. The predicted molar refractivity (Wildman–Crippen MR) is 92.2 cm³/mol. The van der Waals surface area contributed by atoms with E-state index >= 15 is 0 Å². The second-order valence-electron chi connectivity index (χ2n) is 5.72. The van der Waals surface area contributed by atoms with Crippen molar-refractivity contribution >= 4 is 28.6 Å². The number of aromatic nitrogens is 3. The molecule has 0 radical (unpaired) electrons. The van der Waals surface area contributed by atoms with E-state index in [4.69, 9.17) is 5.26 Å². The van der Waals surface area contributed by atoms with Crippen LogP contribution in [0.1, 0.15) is 22.4 Å². The number of halogens is 3. The van der Waals surface area contributed by atoms with E-state index in [1.165, 1.54) is 12.3 Å². The van der Waals surface area contributed by atoms with E-state index < -0.39 is 23.5 Å². The Labute approximate surface area is 151 Å². The van der Waals surface area contributed by atoms with Crippen LogP contribution in [0.4, 0.5) is 18.9 Å². The van der Waals surface area contributed by atoms with Crippen molar-refractivity contribution in [3.63, 3.8) is 0 Å². The van der Waals surface area contributed by atoms with E-state index in [9.17, 15) is 18.0 Å². The first kappa shape index (κ1) is 18.1. The van der Waals surface area contributed by atoms with Crippen LogP contribution in [0.5, 0.6) is 0 Å². The van der Waals surface area contributed by atoms with Gasteiger partial charge in [0.05, 0.1) is 22.3 Å². The molecule has 0 aliphatic carbocycles. The third-order valence-corrected chi connectivity index (χ3v) is 4.03. The fourth-order valence-corrected chi connectivity index (χ4v) is 2.54. The lowest BCUT2D eigenvalue weighted by Crippen LogP contribution is -2.15. The van der Waals surface area contributed by atoms with Crippen LogP contribution >= 0.6 is 0 Å². The van der Waals surface area contributed by atoms with Crippen LogP contribution in [0.3, 0.4) is 0 Å². The molecule has 0 saturated carbocycles. The molecule has 0 saturated heterocycles. The smallest absolute Gasteiger partial charge is 0.284 e. The fraction of sp³-hybridized carbons (Fsp3) is 0.111. The van der Waals surface area contributed by atoms with Gasteiger partial charge in [0.1, 0.15) is 11.6 Å². The van der Waals surface area contributed by atoms with Crippen LogP contribution in [0.15, 0.2) is 24.2 Å². The number of H-pyrrole nitrogens is 1. The van der Waals surface area contributed by atoms with Crippen LogP contribution < -0.4 is 5.32 Å². The van der Waals surface area contributed by atoms with Gasteiger partial charge >= 0.3 is 0 Å². The molecule has 27 heavy (non-hydrogen) atoms. The monoisotopic (exact) mass is 371 g/mol. The number of carbonyl (C=O) groups excluding carboxylic acids is 1. The summed E-state index contributed by atoms with van der Waals surface area (Å²) in [5.74, 6) is -4.18. The second-order valence-corrected chi connectivity index (χ2v) is 5.72. The van der Waals surface area contributed by atoms with Crippen LogP contribution in [-0.4, -0.2) is 21.1 Å². The first-order chi connectivity index (χ1) is 12.8. The SMILES string of the molecule is Cc1ncc(C#N)c(C)c1NC(=O)/C(F)=C/c1ccc2c(F)[nH]nc2c1F. The van der Waals surface area contributed by atoms with Gasteiger partial charge in [-0.3, -0.25) is 14.9 Å². The highest BCUT2D eigenvalue weighted by Gasteiger charge is 2.17. The molecule has 2 aromatic heterocycles. The van der Waals surface area contributed by atoms with E-state index in [2.05, 4.69) is 15.4 Å². The van der Waals surface area contributed by atoms with Gasteiger partial charge in [0.2, 0.25) is 5.95 Å². The third kappa shape index (κ3) is 3.25. The lowest BCUT2D eigenvalue weighted by molar-refractivity contribution is -0.114. The Morgan fingerprint density at radius 2 is 2.07 bits per heavy atom. The number of aryl methyl sites for hydroxylation is 1. The Hall–Kier alpha value is -3.67. The van der Waals surface area contributed by atoms with E-state index in [1.807, 2.05) is 11.2 Å². The number of nitrogens with one attached hydrogen (secondary N) is 2. The highest BCUT2D eigenvalue weighted by atomic mass is 19.1. The van der Waals surface area contributed by atoms with Gasteiger partial charge in [-0.2, -0.15) is 14.8 Å². The molecule has 0 unspecified atom stereocenters. The molecule has 0 aliphatic rings. The molecule has 0 bridgehead atoms. The standard InChI is InChI=1S/C18H12F3N5O/c1-8-11(6-22)7-23-9(2)15(8)24-18(27)13(19)5-10-3-4-12-16(14(10)20)25-26-17(12)21/h3-5,7H,1-2H3,(H,24,27)(H,25,26)/b13-5-. The number of nitrogens with zero attached hydrogens (tertiary/aromatic N) is 3. The van der Waals surface area contributed by atoms with E-state index in [-0.39, 0.29) is 27.7 Å². The Morgan fingerprint density at radius 1 is 1.33 bits per heavy atom. The van der Waals surface area contributed by atoms with Crippen LogP contribution in [-0.2, 0) is 4.79 Å². The summed E-state index contributed by atoms with van der Waals surface area (Å²) in [5, 5.41) is 16.7. The number of anilines is 1. The Morgan fingerprint density at radius 3 is 2.78 bits per heavy atom. The zero-order valence-corrected chi connectivity index (χ0v) is 14.2. The first-order valence-electron chi connectivity index (χ1n) is 7.70. The van der Waals surface area contributed by atoms with Crippen molar-refractivity contribution in [2.24, 2.45) is 0 Å². The molecule has 2 N–H and O–H groups in total. The van der Waals surface area contributed by atoms with Gasteiger partial charge < -0.3 is 5.32 Å². The fourth-order valence-electron chi connectivity index (χ4n) is 2.54. The number of nitriles is 1. The molecule has 0 aliphatic heterocycles. The van der Waals surface area contributed by atoms with Gasteiger partial charge in [-0.05, 0) is 31.6 Å². The summed E-state index contributed by atoms with van der Waals surface area (Å²) in [7, 11) is 0. The molecule has 0 atom stereocenters. The maximum atomic E-state index is 14.3. The molecule has 9 heteroatoms. The van der Waals surface area contributed by atoms with Crippen LogP contribution in [0.25, 0.3) is 17.0 Å². The van der Waals surface area contributed by atoms with Crippen molar-refractivity contribution < 1.29 is 18.0 Å². The Balaban J connectivity index is 1.93. The minimum Gasteiger partial charge on any atom is -0.318 e. The molecule has 2 heterocycles. The summed E-state index contributed by atoms with van der Waals surface area (Å²) < 4.78 is 42.0. The predicted octanol–water partition coefficient (Wildman–Crippen LogP) is 3.67. The van der Waals surface area contributed by atoms with E-state index in [0.717, 1.165) is 6.07 Å². The molecule has 1 aromatic carbocycles. The maximum absolute atomic E-state index is 14.3. The summed E-state index contributed by atoms with van der Waals surface area (Å²) in [6, 6.07) is 4.28. The summed E-state index contributed by atoms with van der Waals surface area (Å²) >= 11 is 0. The number of benzene rings is 1. The lowest BCUT2D eigenvalue weighted by atomic mass is 10.1. The normalized spacial score (nSPS) is 11.5. The molecule has 3 rings (SSSR count). The molecule has 136 valence electrons. The van der Waals surface area contributed by atoms with Gasteiger partial charge in [0.15, 0.2) is 11.6 Å². The number of aromatic amines is 1. The number of pyridine rings is 1. The third-order valence-electron chi connectivity index (χ3n) is 4.03. The molecule has 0 fully saturated rings. The van der Waals surface area contributed by atoms with Crippen LogP contribution in [0.2, 0.25) is 0 Å². The molecule has 3 aromatic rings. The van der Waals surface area contributed by atoms with Crippen molar-refractivity contribution in [3.8, 4) is 6.07 Å². The average Bonchev–Trinajstić information content (AvgIpc) is 3.02. The average molecular weight is 371 g/mol. The number of rotatable bonds is 3. The minimum absolute atomic E-state index is 0.0832. The van der Waals surface area contributed by atoms with Gasteiger partial charge in [0, 0.05) is 11.8 Å². The largest absolute Gasteiger partial charge is 0.318 e. The van der Waals surface area contributed by atoms with Gasteiger partial charge in [0.25, 0.3) is 5.91 Å². The number of hydrogen-bond donors (Lipinski definition) is 2. The zero-order chi connectivity index (χ0) is 19.7. The highest BCUT2D eigenvalue weighted by Crippen LogP contribution is 2.25. The quantitative estimate of drug-likeness (QED) is 0.687.